The minimum Gasteiger partial charge on any atom is -0.456 e. The number of furan rings is 1. The predicted octanol–water partition coefficient (Wildman–Crippen LogP) is 31.6. The van der Waals surface area contributed by atoms with Crippen molar-refractivity contribution >= 4 is 132 Å². The lowest BCUT2D eigenvalue weighted by molar-refractivity contribution is 0.619. The third kappa shape index (κ3) is 12.5. The summed E-state index contributed by atoms with van der Waals surface area (Å²) in [5.41, 5.74) is 29.1. The number of oxazole rings is 2. The highest BCUT2D eigenvalue weighted by atomic mass is 16.4. The third-order valence-corrected chi connectivity index (χ3v) is 23.6. The Morgan fingerprint density at radius 3 is 1.15 bits per heavy atom. The van der Waals surface area contributed by atoms with Gasteiger partial charge in [-0.05, 0) is 273 Å². The van der Waals surface area contributed by atoms with E-state index in [1.165, 1.54) is 16.2 Å². The third-order valence-electron chi connectivity index (χ3n) is 23.6. The van der Waals surface area contributed by atoms with E-state index in [1.807, 2.05) is 12.1 Å². The van der Waals surface area contributed by atoms with Gasteiger partial charge in [0.05, 0.1) is 0 Å². The van der Waals surface area contributed by atoms with Crippen molar-refractivity contribution in [1.82, 2.24) is 9.97 Å². The summed E-state index contributed by atoms with van der Waals surface area (Å²) in [4.78, 5) is 15.0. The molecule has 3 heterocycles. The summed E-state index contributed by atoms with van der Waals surface area (Å²) >= 11 is 0. The molecule has 23 rings (SSSR count). The molecular formula is C112H70N4O3. The zero-order valence-electron chi connectivity index (χ0n) is 64.4. The summed E-state index contributed by atoms with van der Waals surface area (Å²) in [6.07, 6.45) is 0. The molecule has 0 aliphatic heterocycles. The van der Waals surface area contributed by atoms with Crippen molar-refractivity contribution < 1.29 is 13.3 Å². The van der Waals surface area contributed by atoms with Gasteiger partial charge in [-0.1, -0.05) is 267 Å². The van der Waals surface area contributed by atoms with Gasteiger partial charge < -0.3 is 23.1 Å². The minimum atomic E-state index is 0.595. The molecule has 119 heavy (non-hydrogen) atoms. The van der Waals surface area contributed by atoms with E-state index >= 15 is 0 Å². The second kappa shape index (κ2) is 28.5. The number of nitrogens with zero attached hydrogens (tertiary/aromatic N) is 4. The fraction of sp³-hybridized carbons (Fsp3) is 0. The van der Waals surface area contributed by atoms with Gasteiger partial charge in [0.2, 0.25) is 11.8 Å². The summed E-state index contributed by atoms with van der Waals surface area (Å²) in [6, 6.07) is 152. The number of hydrogen-bond donors (Lipinski definition) is 0. The van der Waals surface area contributed by atoms with Crippen LogP contribution in [0.1, 0.15) is 0 Å². The second-order valence-electron chi connectivity index (χ2n) is 30.8. The molecule has 0 fully saturated rings. The zero-order chi connectivity index (χ0) is 78.4. The standard InChI is InChI=1S/C112H70N4O3/c1-3-26-91(27-4-1)115(94-30-15-23-79(67-94)78-22-14-25-87(63-78)104-70-108-110(102-34-10-9-32-98(102)104)114-112(119-108)89-50-42-71-18-7-8-19-75(71)65-89)93-54-52-74(53-55-93)77-21-13-20-76(60-77)72-38-40-73(41-39-72)81-43-44-86-66-90(51-48-84(86)61-81)111-113-109-103-36-17-35-97(99(103)58-59-106(109)118-111)88-49-47-83-62-82(45-46-85(83)64-88)80-24-16-31-95(68-80)116(92-28-5-2-6-29-92)96-56-57-101-100-33-11-12-37-105(100)117-107(101)69-96/h1-70H. The molecule has 0 unspecified atom stereocenters. The van der Waals surface area contributed by atoms with Crippen LogP contribution in [0, 0.1) is 0 Å². The van der Waals surface area contributed by atoms with Gasteiger partial charge in [-0.25, -0.2) is 9.97 Å². The quantitative estimate of drug-likeness (QED) is 0.101. The summed E-state index contributed by atoms with van der Waals surface area (Å²) in [6.45, 7) is 0. The van der Waals surface area contributed by atoms with E-state index in [0.717, 1.165) is 205 Å². The van der Waals surface area contributed by atoms with Gasteiger partial charge >= 0.3 is 0 Å². The lowest BCUT2D eigenvalue weighted by Gasteiger charge is -2.26. The zero-order valence-corrected chi connectivity index (χ0v) is 64.4. The molecule has 7 heteroatoms. The molecule has 0 spiro atoms. The molecular weight excluding hydrogens is 1450 g/mol. The average Bonchev–Trinajstić information content (AvgIpc) is 1.67. The molecule has 0 bridgehead atoms. The maximum atomic E-state index is 6.63. The Morgan fingerprint density at radius 2 is 0.513 bits per heavy atom. The van der Waals surface area contributed by atoms with Crippen molar-refractivity contribution in [3.05, 3.63) is 425 Å². The van der Waals surface area contributed by atoms with E-state index in [4.69, 9.17) is 23.2 Å². The molecule has 7 nitrogen and oxygen atoms in total. The van der Waals surface area contributed by atoms with Gasteiger partial charge in [-0.15, -0.1) is 0 Å². The molecule has 0 N–H and O–H groups in total. The molecule has 0 amide bonds. The van der Waals surface area contributed by atoms with Crippen molar-refractivity contribution in [2.75, 3.05) is 9.80 Å². The van der Waals surface area contributed by atoms with Crippen LogP contribution in [0.4, 0.5) is 34.1 Å². The van der Waals surface area contributed by atoms with Crippen LogP contribution in [-0.2, 0) is 0 Å². The lowest BCUT2D eigenvalue weighted by Crippen LogP contribution is -2.09. The van der Waals surface area contributed by atoms with E-state index in [0.29, 0.717) is 11.8 Å². The van der Waals surface area contributed by atoms with Crippen molar-refractivity contribution in [3.8, 4) is 101 Å². The molecule has 0 aliphatic carbocycles. The van der Waals surface area contributed by atoms with E-state index in [1.54, 1.807) is 0 Å². The van der Waals surface area contributed by atoms with Gasteiger partial charge in [0.25, 0.3) is 0 Å². The van der Waals surface area contributed by atoms with E-state index in [-0.39, 0.29) is 0 Å². The maximum Gasteiger partial charge on any atom is 0.227 e. The molecule has 0 aliphatic rings. The maximum absolute atomic E-state index is 6.63. The Hall–Kier alpha value is -16.0. The first-order valence-corrected chi connectivity index (χ1v) is 40.4. The summed E-state index contributed by atoms with van der Waals surface area (Å²) in [7, 11) is 0. The number of aromatic nitrogens is 2. The fourth-order valence-corrected chi connectivity index (χ4v) is 17.7. The van der Waals surface area contributed by atoms with Gasteiger partial charge in [-0.2, -0.15) is 0 Å². The molecule has 3 aromatic heterocycles. The van der Waals surface area contributed by atoms with Crippen LogP contribution >= 0.6 is 0 Å². The highest BCUT2D eigenvalue weighted by Crippen LogP contribution is 2.46. The van der Waals surface area contributed by atoms with Crippen LogP contribution < -0.4 is 9.80 Å². The molecule has 0 atom stereocenters. The first-order valence-electron chi connectivity index (χ1n) is 40.4. The van der Waals surface area contributed by atoms with Crippen molar-refractivity contribution in [2.45, 2.75) is 0 Å². The van der Waals surface area contributed by atoms with Gasteiger partial charge in [0.15, 0.2) is 11.2 Å². The van der Waals surface area contributed by atoms with Crippen LogP contribution in [0.15, 0.2) is 438 Å². The number of hydrogen-bond acceptors (Lipinski definition) is 7. The van der Waals surface area contributed by atoms with Gasteiger partial charge in [-0.3, -0.25) is 0 Å². The van der Waals surface area contributed by atoms with Crippen molar-refractivity contribution in [2.24, 2.45) is 0 Å². The lowest BCUT2D eigenvalue weighted by atomic mass is 9.94. The van der Waals surface area contributed by atoms with Crippen LogP contribution in [-0.4, -0.2) is 9.97 Å². The molecule has 23 aromatic rings. The first-order chi connectivity index (χ1) is 58.9. The number of para-hydroxylation sites is 3. The smallest absolute Gasteiger partial charge is 0.227 e. The van der Waals surface area contributed by atoms with Crippen LogP contribution in [0.25, 0.3) is 199 Å². The summed E-state index contributed by atoms with van der Waals surface area (Å²) < 4.78 is 19.6. The number of anilines is 6. The van der Waals surface area contributed by atoms with E-state index in [2.05, 4.69) is 422 Å². The van der Waals surface area contributed by atoms with Crippen LogP contribution in [0.2, 0.25) is 0 Å². The van der Waals surface area contributed by atoms with Gasteiger partial charge in [0, 0.05) is 72.9 Å². The summed E-state index contributed by atoms with van der Waals surface area (Å²) in [5, 5.41) is 13.5. The SMILES string of the molecule is c1ccc(N(c2ccc(-c3cccc(-c4ccc(-c5ccc6cc(-c7nc8c(ccc9c(-c%10ccc%11cc(-c%12cccc(N(c%13ccccc%13)c%13ccc%14c(c%13)oc%13ccccc%13%14)c%12)ccc%11c%10)cccc98)o7)ccc6c5)cc4)c3)cc2)c2cccc(-c3cccc(-c4cc5oc(-c6ccc7ccccc7c6)nc5c5ccccc45)c3)c2)cc1. The largest absolute Gasteiger partial charge is 0.456 e. The van der Waals surface area contributed by atoms with E-state index < -0.39 is 0 Å². The average molecular weight is 1520 g/mol. The monoisotopic (exact) mass is 1520 g/mol. The Labute approximate surface area is 686 Å². The highest BCUT2D eigenvalue weighted by Gasteiger charge is 2.22. The Kier molecular flexibility index (Phi) is 16.5. The fourth-order valence-electron chi connectivity index (χ4n) is 17.7. The van der Waals surface area contributed by atoms with Crippen LogP contribution in [0.3, 0.4) is 0 Å². The molecule has 556 valence electrons. The van der Waals surface area contributed by atoms with Gasteiger partial charge in [0.1, 0.15) is 22.2 Å². The Morgan fingerprint density at radius 1 is 0.160 bits per heavy atom. The number of rotatable bonds is 15. The first kappa shape index (κ1) is 68.6. The molecule has 20 aromatic carbocycles. The van der Waals surface area contributed by atoms with Crippen LogP contribution in [0.5, 0.6) is 0 Å². The highest BCUT2D eigenvalue weighted by molar-refractivity contribution is 6.13. The molecule has 0 saturated carbocycles. The Balaban J connectivity index is 0.472. The normalized spacial score (nSPS) is 11.7. The second-order valence-corrected chi connectivity index (χ2v) is 30.8. The number of fused-ring (bicyclic) bond motifs is 12. The predicted molar refractivity (Wildman–Crippen MR) is 495 cm³/mol. The minimum absolute atomic E-state index is 0.595. The molecule has 0 radical (unpaired) electrons. The molecule has 0 saturated heterocycles. The number of benzene rings is 20. The summed E-state index contributed by atoms with van der Waals surface area (Å²) in [5.74, 6) is 1.21. The Bertz CT molecular complexity index is 7940. The van der Waals surface area contributed by atoms with E-state index in [9.17, 15) is 0 Å². The van der Waals surface area contributed by atoms with Crippen molar-refractivity contribution in [3.63, 3.8) is 0 Å². The topological polar surface area (TPSA) is 71.7 Å². The van der Waals surface area contributed by atoms with Crippen molar-refractivity contribution in [1.29, 1.82) is 0 Å².